The molecule has 0 aromatic rings. The number of rotatable bonds is 5. The molecular formula is C11H22N2O3. The van der Waals surface area contributed by atoms with Gasteiger partial charge in [-0.2, -0.15) is 0 Å². The molecule has 0 aromatic heterocycles. The number of hydrogen-bond acceptors (Lipinski definition) is 3. The molecule has 0 saturated carbocycles. The minimum absolute atomic E-state index is 0.163. The van der Waals surface area contributed by atoms with Gasteiger partial charge < -0.3 is 16.2 Å². The first kappa shape index (κ1) is 14.9. The van der Waals surface area contributed by atoms with Gasteiger partial charge >= 0.3 is 5.97 Å². The standard InChI is InChI=1S/C11H22N2O3/c1-5-7(12)6-8(14)13-9(10(15)16)11(2,3)4/h7,9H,5-6,12H2,1-4H3,(H,13,14)(H,15,16)/t7?,9-/m1/s1. The fourth-order valence-electron chi connectivity index (χ4n) is 1.25. The van der Waals surface area contributed by atoms with Gasteiger partial charge in [-0.3, -0.25) is 4.79 Å². The van der Waals surface area contributed by atoms with Gasteiger partial charge in [0.05, 0.1) is 0 Å². The largest absolute Gasteiger partial charge is 0.480 e. The third-order valence-electron chi connectivity index (χ3n) is 2.39. The highest BCUT2D eigenvalue weighted by atomic mass is 16.4. The summed E-state index contributed by atoms with van der Waals surface area (Å²) in [6.45, 7) is 7.19. The molecule has 0 aliphatic rings. The number of amides is 1. The molecule has 0 fully saturated rings. The number of nitrogens with two attached hydrogens (primary N) is 1. The molecule has 5 nitrogen and oxygen atoms in total. The van der Waals surface area contributed by atoms with E-state index >= 15 is 0 Å². The highest BCUT2D eigenvalue weighted by Gasteiger charge is 2.32. The molecule has 0 bridgehead atoms. The summed E-state index contributed by atoms with van der Waals surface area (Å²) in [5, 5.41) is 11.5. The first-order valence-electron chi connectivity index (χ1n) is 5.46. The first-order valence-corrected chi connectivity index (χ1v) is 5.46. The molecule has 0 rings (SSSR count). The summed E-state index contributed by atoms with van der Waals surface area (Å²) in [5.74, 6) is -1.33. The average Bonchev–Trinajstić information content (AvgIpc) is 2.11. The Labute approximate surface area is 96.4 Å². The Bertz CT molecular complexity index is 258. The van der Waals surface area contributed by atoms with Crippen LogP contribution in [0.5, 0.6) is 0 Å². The maximum Gasteiger partial charge on any atom is 0.326 e. The minimum atomic E-state index is -1.02. The van der Waals surface area contributed by atoms with Crippen LogP contribution in [-0.2, 0) is 9.59 Å². The van der Waals surface area contributed by atoms with Gasteiger partial charge in [-0.15, -0.1) is 0 Å². The Hall–Kier alpha value is -1.10. The third kappa shape index (κ3) is 5.11. The lowest BCUT2D eigenvalue weighted by Crippen LogP contribution is -2.50. The highest BCUT2D eigenvalue weighted by Crippen LogP contribution is 2.19. The zero-order valence-electron chi connectivity index (χ0n) is 10.4. The van der Waals surface area contributed by atoms with E-state index in [0.717, 1.165) is 0 Å². The second-order valence-corrected chi connectivity index (χ2v) is 5.08. The van der Waals surface area contributed by atoms with Crippen molar-refractivity contribution in [3.8, 4) is 0 Å². The minimum Gasteiger partial charge on any atom is -0.480 e. The molecule has 16 heavy (non-hydrogen) atoms. The normalized spacial score (nSPS) is 15.3. The predicted molar refractivity (Wildman–Crippen MR) is 61.9 cm³/mol. The number of carbonyl (C=O) groups is 2. The third-order valence-corrected chi connectivity index (χ3v) is 2.39. The Morgan fingerprint density at radius 1 is 1.38 bits per heavy atom. The van der Waals surface area contributed by atoms with Crippen molar-refractivity contribution in [2.75, 3.05) is 0 Å². The van der Waals surface area contributed by atoms with Crippen LogP contribution in [0.4, 0.5) is 0 Å². The van der Waals surface area contributed by atoms with Crippen LogP contribution in [0.2, 0.25) is 0 Å². The second-order valence-electron chi connectivity index (χ2n) is 5.08. The van der Waals surface area contributed by atoms with Gasteiger partial charge in [0.2, 0.25) is 5.91 Å². The average molecular weight is 230 g/mol. The van der Waals surface area contributed by atoms with Crippen molar-refractivity contribution in [1.29, 1.82) is 0 Å². The van der Waals surface area contributed by atoms with Crippen LogP contribution < -0.4 is 11.1 Å². The van der Waals surface area contributed by atoms with E-state index in [1.165, 1.54) is 0 Å². The molecule has 0 heterocycles. The summed E-state index contributed by atoms with van der Waals surface area (Å²) in [6.07, 6.45) is 0.858. The van der Waals surface area contributed by atoms with Gasteiger partial charge in [0.1, 0.15) is 6.04 Å². The van der Waals surface area contributed by atoms with E-state index in [0.29, 0.717) is 6.42 Å². The van der Waals surface area contributed by atoms with Crippen LogP contribution in [0.3, 0.4) is 0 Å². The molecule has 0 radical (unpaired) electrons. The second kappa shape index (κ2) is 5.84. The summed E-state index contributed by atoms with van der Waals surface area (Å²) in [5.41, 5.74) is 5.11. The highest BCUT2D eigenvalue weighted by molar-refractivity contribution is 5.84. The number of hydrogen-bond donors (Lipinski definition) is 3. The lowest BCUT2D eigenvalue weighted by molar-refractivity contribution is -0.145. The van der Waals surface area contributed by atoms with Gasteiger partial charge in [0.15, 0.2) is 0 Å². The van der Waals surface area contributed by atoms with Crippen molar-refractivity contribution in [3.05, 3.63) is 0 Å². The quantitative estimate of drug-likeness (QED) is 0.649. The van der Waals surface area contributed by atoms with Crippen molar-refractivity contribution in [2.45, 2.75) is 52.6 Å². The molecular weight excluding hydrogens is 208 g/mol. The molecule has 1 amide bonds. The number of carboxylic acid groups (broad SMARTS) is 1. The Kier molecular flexibility index (Phi) is 5.44. The van der Waals surface area contributed by atoms with Crippen molar-refractivity contribution in [3.63, 3.8) is 0 Å². The van der Waals surface area contributed by atoms with Crippen molar-refractivity contribution >= 4 is 11.9 Å². The smallest absolute Gasteiger partial charge is 0.326 e. The molecule has 2 atom stereocenters. The van der Waals surface area contributed by atoms with Gasteiger partial charge in [0.25, 0.3) is 0 Å². The van der Waals surface area contributed by atoms with Gasteiger partial charge in [0, 0.05) is 12.5 Å². The summed E-state index contributed by atoms with van der Waals surface area (Å²) in [6, 6.07) is -1.10. The maximum atomic E-state index is 11.5. The molecule has 1 unspecified atom stereocenters. The molecule has 4 N–H and O–H groups in total. The number of nitrogens with one attached hydrogen (secondary N) is 1. The molecule has 5 heteroatoms. The number of aliphatic carboxylic acids is 1. The molecule has 0 spiro atoms. The van der Waals surface area contributed by atoms with Crippen molar-refractivity contribution in [2.24, 2.45) is 11.1 Å². The lowest BCUT2D eigenvalue weighted by Gasteiger charge is -2.28. The van der Waals surface area contributed by atoms with Gasteiger partial charge in [-0.1, -0.05) is 27.7 Å². The maximum absolute atomic E-state index is 11.5. The molecule has 0 aliphatic heterocycles. The molecule has 0 saturated heterocycles. The van der Waals surface area contributed by atoms with Crippen LogP contribution in [0.25, 0.3) is 0 Å². The van der Waals surface area contributed by atoms with E-state index in [-0.39, 0.29) is 18.4 Å². The predicted octanol–water partition coefficient (Wildman–Crippen LogP) is 0.729. The number of carbonyl (C=O) groups excluding carboxylic acids is 1. The monoisotopic (exact) mass is 230 g/mol. The van der Waals surface area contributed by atoms with Crippen LogP contribution in [0, 0.1) is 5.41 Å². The van der Waals surface area contributed by atoms with Crippen LogP contribution >= 0.6 is 0 Å². The number of carboxylic acids is 1. The summed E-state index contributed by atoms with van der Waals surface area (Å²) in [4.78, 5) is 22.5. The van der Waals surface area contributed by atoms with Gasteiger partial charge in [-0.25, -0.2) is 4.79 Å². The van der Waals surface area contributed by atoms with E-state index in [1.54, 1.807) is 20.8 Å². The van der Waals surface area contributed by atoms with E-state index in [9.17, 15) is 9.59 Å². The van der Waals surface area contributed by atoms with E-state index < -0.39 is 17.4 Å². The van der Waals surface area contributed by atoms with E-state index in [4.69, 9.17) is 10.8 Å². The van der Waals surface area contributed by atoms with Crippen LogP contribution in [0.15, 0.2) is 0 Å². The topological polar surface area (TPSA) is 92.4 Å². The Morgan fingerprint density at radius 3 is 2.19 bits per heavy atom. The fourth-order valence-corrected chi connectivity index (χ4v) is 1.25. The van der Waals surface area contributed by atoms with E-state index in [1.807, 2.05) is 6.92 Å². The molecule has 0 aromatic carbocycles. The van der Waals surface area contributed by atoms with Crippen molar-refractivity contribution in [1.82, 2.24) is 5.32 Å². The molecule has 0 aliphatic carbocycles. The zero-order valence-corrected chi connectivity index (χ0v) is 10.4. The first-order chi connectivity index (χ1) is 7.18. The Morgan fingerprint density at radius 2 is 1.88 bits per heavy atom. The zero-order chi connectivity index (χ0) is 12.9. The van der Waals surface area contributed by atoms with Crippen LogP contribution in [-0.4, -0.2) is 29.1 Å². The van der Waals surface area contributed by atoms with E-state index in [2.05, 4.69) is 5.32 Å². The summed E-state index contributed by atoms with van der Waals surface area (Å²) < 4.78 is 0. The SMILES string of the molecule is CCC(N)CC(=O)N[C@H](C(=O)O)C(C)(C)C. The van der Waals surface area contributed by atoms with Crippen molar-refractivity contribution < 1.29 is 14.7 Å². The summed E-state index contributed by atoms with van der Waals surface area (Å²) in [7, 11) is 0. The molecule has 94 valence electrons. The Balaban J connectivity index is 4.43. The fraction of sp³-hybridized carbons (Fsp3) is 0.818. The lowest BCUT2D eigenvalue weighted by atomic mass is 9.86. The van der Waals surface area contributed by atoms with Gasteiger partial charge in [-0.05, 0) is 11.8 Å². The summed E-state index contributed by atoms with van der Waals surface area (Å²) >= 11 is 0. The van der Waals surface area contributed by atoms with Crippen LogP contribution in [0.1, 0.15) is 40.5 Å².